The van der Waals surface area contributed by atoms with E-state index in [1.54, 1.807) is 30.6 Å². The van der Waals surface area contributed by atoms with Crippen LogP contribution in [0.2, 0.25) is 0 Å². The van der Waals surface area contributed by atoms with Crippen LogP contribution in [0.1, 0.15) is 67.4 Å². The zero-order chi connectivity index (χ0) is 22.1. The fraction of sp³-hybridized carbons (Fsp3) is 0.346. The number of aromatic nitrogens is 2. The molecule has 0 fully saturated rings. The SMILES string of the molecule is CCCCCCc1ccc(C(=O)Oc2ccc(-c3ncc(CCC)cn3)c(F)c2)cc1. The molecule has 162 valence electrons. The number of unbranched alkanes of at least 4 members (excludes halogenated alkanes) is 3. The van der Waals surface area contributed by atoms with E-state index in [2.05, 4.69) is 23.8 Å². The normalized spacial score (nSPS) is 10.8. The molecule has 0 atom stereocenters. The summed E-state index contributed by atoms with van der Waals surface area (Å²) < 4.78 is 19.9. The number of esters is 1. The second-order valence-corrected chi connectivity index (χ2v) is 7.70. The minimum absolute atomic E-state index is 0.150. The van der Waals surface area contributed by atoms with Gasteiger partial charge in [-0.3, -0.25) is 0 Å². The number of hydrogen-bond donors (Lipinski definition) is 0. The fourth-order valence-corrected chi connectivity index (χ4v) is 3.38. The van der Waals surface area contributed by atoms with E-state index in [4.69, 9.17) is 4.74 Å². The number of aryl methyl sites for hydroxylation is 2. The van der Waals surface area contributed by atoms with Crippen LogP contribution in [0.3, 0.4) is 0 Å². The van der Waals surface area contributed by atoms with Gasteiger partial charge in [-0.2, -0.15) is 0 Å². The quantitative estimate of drug-likeness (QED) is 0.211. The predicted molar refractivity (Wildman–Crippen MR) is 121 cm³/mol. The Labute approximate surface area is 183 Å². The van der Waals surface area contributed by atoms with Crippen molar-refractivity contribution in [2.75, 3.05) is 0 Å². The number of carbonyl (C=O) groups is 1. The molecule has 0 unspecified atom stereocenters. The lowest BCUT2D eigenvalue weighted by molar-refractivity contribution is 0.0734. The zero-order valence-corrected chi connectivity index (χ0v) is 18.2. The molecule has 0 amide bonds. The maximum Gasteiger partial charge on any atom is 0.343 e. The summed E-state index contributed by atoms with van der Waals surface area (Å²) in [6.07, 6.45) is 11.1. The number of ether oxygens (including phenoxy) is 1. The first kappa shape index (κ1) is 22.6. The second-order valence-electron chi connectivity index (χ2n) is 7.70. The molecular formula is C26H29FN2O2. The van der Waals surface area contributed by atoms with Crippen molar-refractivity contribution in [2.45, 2.75) is 58.8 Å². The molecule has 0 bridgehead atoms. The molecule has 2 aromatic carbocycles. The average Bonchev–Trinajstić information content (AvgIpc) is 2.78. The summed E-state index contributed by atoms with van der Waals surface area (Å²) in [5, 5.41) is 0. The minimum atomic E-state index is -0.532. The summed E-state index contributed by atoms with van der Waals surface area (Å²) in [5.74, 6) is -0.580. The van der Waals surface area contributed by atoms with E-state index in [0.29, 0.717) is 11.4 Å². The summed E-state index contributed by atoms with van der Waals surface area (Å²) in [6.45, 7) is 4.27. The van der Waals surface area contributed by atoms with Crippen LogP contribution >= 0.6 is 0 Å². The van der Waals surface area contributed by atoms with E-state index < -0.39 is 11.8 Å². The molecule has 1 heterocycles. The van der Waals surface area contributed by atoms with E-state index in [9.17, 15) is 9.18 Å². The minimum Gasteiger partial charge on any atom is -0.423 e. The standard InChI is InChI=1S/C26H29FN2O2/c1-3-5-6-7-9-19-10-12-21(13-11-19)26(30)31-22-14-15-23(24(27)16-22)25-28-17-20(8-4-2)18-29-25/h10-18H,3-9H2,1-2H3. The van der Waals surface area contributed by atoms with Crippen molar-refractivity contribution in [1.29, 1.82) is 0 Å². The van der Waals surface area contributed by atoms with E-state index in [-0.39, 0.29) is 11.3 Å². The summed E-state index contributed by atoms with van der Waals surface area (Å²) in [7, 11) is 0. The van der Waals surface area contributed by atoms with Crippen LogP contribution in [0, 0.1) is 5.82 Å². The van der Waals surface area contributed by atoms with Gasteiger partial charge < -0.3 is 4.74 Å². The lowest BCUT2D eigenvalue weighted by atomic mass is 10.0. The molecular weight excluding hydrogens is 391 g/mol. The Morgan fingerprint density at radius 2 is 1.61 bits per heavy atom. The molecule has 0 radical (unpaired) electrons. The van der Waals surface area contributed by atoms with Crippen molar-refractivity contribution in [2.24, 2.45) is 0 Å². The van der Waals surface area contributed by atoms with Gasteiger partial charge in [0, 0.05) is 18.5 Å². The van der Waals surface area contributed by atoms with Gasteiger partial charge >= 0.3 is 5.97 Å². The van der Waals surface area contributed by atoms with Crippen LogP contribution in [0.5, 0.6) is 5.75 Å². The lowest BCUT2D eigenvalue weighted by Crippen LogP contribution is -2.09. The highest BCUT2D eigenvalue weighted by Crippen LogP contribution is 2.24. The van der Waals surface area contributed by atoms with Crippen LogP contribution in [-0.2, 0) is 12.8 Å². The van der Waals surface area contributed by atoms with Gasteiger partial charge in [-0.05, 0) is 54.7 Å². The molecule has 1 aromatic heterocycles. The van der Waals surface area contributed by atoms with Crippen molar-refractivity contribution < 1.29 is 13.9 Å². The van der Waals surface area contributed by atoms with E-state index in [1.165, 1.54) is 37.0 Å². The first-order valence-corrected chi connectivity index (χ1v) is 11.0. The van der Waals surface area contributed by atoms with Crippen LogP contribution in [0.15, 0.2) is 54.9 Å². The van der Waals surface area contributed by atoms with Crippen molar-refractivity contribution >= 4 is 5.97 Å². The highest BCUT2D eigenvalue weighted by Gasteiger charge is 2.13. The van der Waals surface area contributed by atoms with Crippen LogP contribution in [-0.4, -0.2) is 15.9 Å². The van der Waals surface area contributed by atoms with Gasteiger partial charge in [0.25, 0.3) is 0 Å². The van der Waals surface area contributed by atoms with Crippen LogP contribution in [0.4, 0.5) is 4.39 Å². The van der Waals surface area contributed by atoms with Crippen molar-refractivity contribution in [3.63, 3.8) is 0 Å². The monoisotopic (exact) mass is 420 g/mol. The molecule has 5 heteroatoms. The molecule has 0 aliphatic heterocycles. The Balaban J connectivity index is 1.62. The van der Waals surface area contributed by atoms with Crippen molar-refractivity contribution in [3.8, 4) is 17.1 Å². The number of hydrogen-bond acceptors (Lipinski definition) is 4. The number of rotatable bonds is 10. The van der Waals surface area contributed by atoms with Gasteiger partial charge in [0.2, 0.25) is 0 Å². The summed E-state index contributed by atoms with van der Waals surface area (Å²) in [6, 6.07) is 11.7. The molecule has 0 saturated carbocycles. The Hall–Kier alpha value is -3.08. The third-order valence-electron chi connectivity index (χ3n) is 5.14. The molecule has 0 aliphatic carbocycles. The molecule has 3 rings (SSSR count). The van der Waals surface area contributed by atoms with Crippen molar-refractivity contribution in [1.82, 2.24) is 9.97 Å². The zero-order valence-electron chi connectivity index (χ0n) is 18.2. The molecule has 4 nitrogen and oxygen atoms in total. The molecule has 0 saturated heterocycles. The summed E-state index contributed by atoms with van der Waals surface area (Å²) in [4.78, 5) is 20.9. The van der Waals surface area contributed by atoms with E-state index in [1.807, 2.05) is 12.1 Å². The fourth-order valence-electron chi connectivity index (χ4n) is 3.38. The van der Waals surface area contributed by atoms with Crippen molar-refractivity contribution in [3.05, 3.63) is 77.4 Å². The van der Waals surface area contributed by atoms with Gasteiger partial charge in [-0.25, -0.2) is 19.2 Å². The predicted octanol–water partition coefficient (Wildman–Crippen LogP) is 6.58. The second kappa shape index (κ2) is 11.3. The van der Waals surface area contributed by atoms with Gasteiger partial charge in [-0.1, -0.05) is 51.7 Å². The number of carbonyl (C=O) groups excluding carboxylic acids is 1. The molecule has 0 aliphatic rings. The first-order valence-electron chi connectivity index (χ1n) is 11.0. The molecule has 3 aromatic rings. The summed E-state index contributed by atoms with van der Waals surface area (Å²) >= 11 is 0. The average molecular weight is 421 g/mol. The third kappa shape index (κ3) is 6.45. The number of nitrogens with zero attached hydrogens (tertiary/aromatic N) is 2. The van der Waals surface area contributed by atoms with Gasteiger partial charge in [0.15, 0.2) is 5.82 Å². The Kier molecular flexibility index (Phi) is 8.27. The lowest BCUT2D eigenvalue weighted by Gasteiger charge is -2.08. The third-order valence-corrected chi connectivity index (χ3v) is 5.14. The highest BCUT2D eigenvalue weighted by atomic mass is 19.1. The highest BCUT2D eigenvalue weighted by molar-refractivity contribution is 5.91. The number of benzene rings is 2. The Morgan fingerprint density at radius 3 is 2.26 bits per heavy atom. The van der Waals surface area contributed by atoms with E-state index in [0.717, 1.165) is 31.2 Å². The van der Waals surface area contributed by atoms with Crippen LogP contribution in [0.25, 0.3) is 11.4 Å². The maximum atomic E-state index is 14.6. The Bertz CT molecular complexity index is 985. The molecule has 0 spiro atoms. The maximum absolute atomic E-state index is 14.6. The van der Waals surface area contributed by atoms with Gasteiger partial charge in [0.05, 0.1) is 11.1 Å². The van der Waals surface area contributed by atoms with Gasteiger partial charge in [0.1, 0.15) is 11.6 Å². The molecule has 31 heavy (non-hydrogen) atoms. The van der Waals surface area contributed by atoms with Gasteiger partial charge in [-0.15, -0.1) is 0 Å². The largest absolute Gasteiger partial charge is 0.423 e. The smallest absolute Gasteiger partial charge is 0.343 e. The topological polar surface area (TPSA) is 52.1 Å². The van der Waals surface area contributed by atoms with E-state index >= 15 is 0 Å². The number of halogens is 1. The first-order chi connectivity index (χ1) is 15.1. The Morgan fingerprint density at radius 1 is 0.871 bits per heavy atom. The molecule has 0 N–H and O–H groups in total. The van der Waals surface area contributed by atoms with Crippen LogP contribution < -0.4 is 4.74 Å². The summed E-state index contributed by atoms with van der Waals surface area (Å²) in [5.41, 5.74) is 2.93.